The highest BCUT2D eigenvalue weighted by molar-refractivity contribution is 7.89. The van der Waals surface area contributed by atoms with Crippen molar-refractivity contribution in [3.8, 4) is 0 Å². The van der Waals surface area contributed by atoms with E-state index in [2.05, 4.69) is 9.88 Å². The third-order valence-electron chi connectivity index (χ3n) is 2.65. The molecule has 0 spiro atoms. The van der Waals surface area contributed by atoms with Crippen LogP contribution in [0, 0.1) is 12.7 Å². The molecular formula is C12H12ClFN2O4S. The van der Waals surface area contributed by atoms with Crippen molar-refractivity contribution >= 4 is 21.6 Å². The number of sulfonamides is 1. The van der Waals surface area contributed by atoms with E-state index in [-0.39, 0.29) is 17.1 Å². The Bertz CT molecular complexity index is 761. The van der Waals surface area contributed by atoms with Crippen molar-refractivity contribution in [2.24, 2.45) is 0 Å². The van der Waals surface area contributed by atoms with Gasteiger partial charge in [-0.15, -0.1) is 0 Å². The largest absolute Gasteiger partial charge is 0.392 e. The van der Waals surface area contributed by atoms with Gasteiger partial charge in [0.15, 0.2) is 5.76 Å². The number of halogens is 2. The molecule has 2 aromatic rings. The summed E-state index contributed by atoms with van der Waals surface area (Å²) in [6.07, 6.45) is 0. The summed E-state index contributed by atoms with van der Waals surface area (Å²) >= 11 is 5.73. The number of hydrogen-bond acceptors (Lipinski definition) is 5. The van der Waals surface area contributed by atoms with Gasteiger partial charge in [0.25, 0.3) is 0 Å². The zero-order valence-electron chi connectivity index (χ0n) is 10.9. The maximum Gasteiger partial charge on any atom is 0.243 e. The molecular weight excluding hydrogens is 323 g/mol. The van der Waals surface area contributed by atoms with E-state index >= 15 is 0 Å². The highest BCUT2D eigenvalue weighted by atomic mass is 35.5. The summed E-state index contributed by atoms with van der Waals surface area (Å²) in [5.74, 6) is -0.746. The second kappa shape index (κ2) is 6.10. The lowest BCUT2D eigenvalue weighted by Gasteiger charge is -2.09. The van der Waals surface area contributed by atoms with Crippen molar-refractivity contribution in [2.75, 3.05) is 0 Å². The van der Waals surface area contributed by atoms with Gasteiger partial charge in [0, 0.05) is 16.7 Å². The standard InChI is InChI=1S/C12H12ClFN2O4S/c1-7-2-10(20-16-7)5-15-21(18,19)11-4-9(13)3-8(6-17)12(11)14/h2-4,15,17H,5-6H2,1H3. The van der Waals surface area contributed by atoms with E-state index < -0.39 is 27.3 Å². The summed E-state index contributed by atoms with van der Waals surface area (Å²) in [5.41, 5.74) is 0.402. The Morgan fingerprint density at radius 3 is 2.71 bits per heavy atom. The van der Waals surface area contributed by atoms with E-state index in [1.807, 2.05) is 0 Å². The van der Waals surface area contributed by atoms with E-state index in [0.29, 0.717) is 11.5 Å². The Hall–Kier alpha value is -1.48. The van der Waals surface area contributed by atoms with Crippen molar-refractivity contribution in [3.63, 3.8) is 0 Å². The second-order valence-electron chi connectivity index (χ2n) is 4.29. The van der Waals surface area contributed by atoms with Gasteiger partial charge in [-0.25, -0.2) is 17.5 Å². The lowest BCUT2D eigenvalue weighted by Crippen LogP contribution is -2.24. The molecule has 2 rings (SSSR count). The fourth-order valence-corrected chi connectivity index (χ4v) is 3.11. The number of rotatable bonds is 5. The van der Waals surface area contributed by atoms with Gasteiger partial charge in [-0.2, -0.15) is 0 Å². The summed E-state index contributed by atoms with van der Waals surface area (Å²) in [4.78, 5) is -0.629. The summed E-state index contributed by atoms with van der Waals surface area (Å²) in [6, 6.07) is 3.69. The lowest BCUT2D eigenvalue weighted by atomic mass is 10.2. The molecule has 0 aliphatic rings. The Kier molecular flexibility index (Phi) is 4.62. The number of aliphatic hydroxyl groups excluding tert-OH is 1. The molecule has 2 N–H and O–H groups in total. The molecule has 114 valence electrons. The minimum absolute atomic E-state index is 0.0105. The van der Waals surface area contributed by atoms with Gasteiger partial charge in [-0.1, -0.05) is 16.8 Å². The molecule has 0 saturated heterocycles. The minimum Gasteiger partial charge on any atom is -0.392 e. The fraction of sp³-hybridized carbons (Fsp3) is 0.250. The van der Waals surface area contributed by atoms with Crippen molar-refractivity contribution in [1.82, 2.24) is 9.88 Å². The Morgan fingerprint density at radius 2 is 2.14 bits per heavy atom. The predicted molar refractivity (Wildman–Crippen MR) is 72.6 cm³/mol. The Balaban J connectivity index is 2.29. The molecule has 0 aliphatic heterocycles. The average molecular weight is 335 g/mol. The Morgan fingerprint density at radius 1 is 1.43 bits per heavy atom. The summed E-state index contributed by atoms with van der Waals surface area (Å²) < 4.78 is 45.2. The SMILES string of the molecule is Cc1cc(CNS(=O)(=O)c2cc(Cl)cc(CO)c2F)on1. The van der Waals surface area contributed by atoms with Crippen LogP contribution in [0.2, 0.25) is 5.02 Å². The van der Waals surface area contributed by atoms with Crippen molar-refractivity contribution in [1.29, 1.82) is 0 Å². The van der Waals surface area contributed by atoms with Crippen LogP contribution in [-0.2, 0) is 23.2 Å². The first-order valence-electron chi connectivity index (χ1n) is 5.84. The van der Waals surface area contributed by atoms with Crippen LogP contribution >= 0.6 is 11.6 Å². The van der Waals surface area contributed by atoms with E-state index in [1.54, 1.807) is 13.0 Å². The van der Waals surface area contributed by atoms with Crippen LogP contribution in [-0.4, -0.2) is 18.7 Å². The molecule has 0 atom stereocenters. The molecule has 0 amide bonds. The molecule has 9 heteroatoms. The monoisotopic (exact) mass is 334 g/mol. The van der Waals surface area contributed by atoms with E-state index in [9.17, 15) is 12.8 Å². The van der Waals surface area contributed by atoms with E-state index in [4.69, 9.17) is 21.2 Å². The van der Waals surface area contributed by atoms with Gasteiger partial charge >= 0.3 is 0 Å². The predicted octanol–water partition coefficient (Wildman–Crippen LogP) is 1.75. The molecule has 1 aromatic heterocycles. The quantitative estimate of drug-likeness (QED) is 0.869. The number of nitrogens with one attached hydrogen (secondary N) is 1. The van der Waals surface area contributed by atoms with Crippen molar-refractivity contribution in [3.05, 3.63) is 46.1 Å². The van der Waals surface area contributed by atoms with Crippen LogP contribution in [0.4, 0.5) is 4.39 Å². The van der Waals surface area contributed by atoms with Crippen LogP contribution < -0.4 is 4.72 Å². The molecule has 1 aromatic carbocycles. The molecule has 0 aliphatic carbocycles. The highest BCUT2D eigenvalue weighted by Gasteiger charge is 2.22. The zero-order valence-corrected chi connectivity index (χ0v) is 12.5. The number of aryl methyl sites for hydroxylation is 1. The zero-order chi connectivity index (χ0) is 15.6. The van der Waals surface area contributed by atoms with Gasteiger partial charge < -0.3 is 9.63 Å². The second-order valence-corrected chi connectivity index (χ2v) is 6.47. The number of aliphatic hydroxyl groups is 1. The van der Waals surface area contributed by atoms with Gasteiger partial charge in [-0.3, -0.25) is 0 Å². The lowest BCUT2D eigenvalue weighted by molar-refractivity contribution is 0.274. The third-order valence-corrected chi connectivity index (χ3v) is 4.27. The Labute approximate surface area is 125 Å². The average Bonchev–Trinajstić information content (AvgIpc) is 2.84. The molecule has 0 saturated carbocycles. The third kappa shape index (κ3) is 3.59. The number of aromatic nitrogens is 1. The molecule has 6 nitrogen and oxygen atoms in total. The first-order chi connectivity index (χ1) is 9.83. The van der Waals surface area contributed by atoms with Crippen molar-refractivity contribution < 1.29 is 22.4 Å². The molecule has 0 radical (unpaired) electrons. The minimum atomic E-state index is -4.14. The van der Waals surface area contributed by atoms with Gasteiger partial charge in [0.05, 0.1) is 18.8 Å². The highest BCUT2D eigenvalue weighted by Crippen LogP contribution is 2.24. The molecule has 1 heterocycles. The van der Waals surface area contributed by atoms with Crippen LogP contribution in [0.25, 0.3) is 0 Å². The van der Waals surface area contributed by atoms with Crippen LogP contribution in [0.15, 0.2) is 27.6 Å². The topological polar surface area (TPSA) is 92.4 Å². The van der Waals surface area contributed by atoms with Gasteiger partial charge in [0.1, 0.15) is 10.7 Å². The van der Waals surface area contributed by atoms with Crippen LogP contribution in [0.1, 0.15) is 17.0 Å². The normalized spacial score (nSPS) is 11.8. The number of hydrogen-bond donors (Lipinski definition) is 2. The smallest absolute Gasteiger partial charge is 0.243 e. The van der Waals surface area contributed by atoms with Crippen LogP contribution in [0.3, 0.4) is 0 Å². The van der Waals surface area contributed by atoms with E-state index in [0.717, 1.165) is 12.1 Å². The van der Waals surface area contributed by atoms with Crippen molar-refractivity contribution in [2.45, 2.75) is 25.0 Å². The maximum atomic E-state index is 14.0. The van der Waals surface area contributed by atoms with E-state index in [1.165, 1.54) is 0 Å². The molecule has 0 fully saturated rings. The van der Waals surface area contributed by atoms with Crippen LogP contribution in [0.5, 0.6) is 0 Å². The molecule has 21 heavy (non-hydrogen) atoms. The number of nitrogens with zero attached hydrogens (tertiary/aromatic N) is 1. The maximum absolute atomic E-state index is 14.0. The number of benzene rings is 1. The first kappa shape index (κ1) is 15.9. The fourth-order valence-electron chi connectivity index (χ4n) is 1.67. The summed E-state index contributed by atoms with van der Waals surface area (Å²) in [6.45, 7) is 0.853. The summed E-state index contributed by atoms with van der Waals surface area (Å²) in [7, 11) is -4.14. The van der Waals surface area contributed by atoms with Gasteiger partial charge in [-0.05, 0) is 19.1 Å². The summed E-state index contributed by atoms with van der Waals surface area (Å²) in [5, 5.41) is 12.6. The molecule has 0 bridgehead atoms. The molecule has 0 unspecified atom stereocenters. The van der Waals surface area contributed by atoms with Gasteiger partial charge in [0.2, 0.25) is 10.0 Å². The first-order valence-corrected chi connectivity index (χ1v) is 7.70.